The number of phenols is 1. The molecule has 2 N–H and O–H groups in total. The second kappa shape index (κ2) is 5.06. The van der Waals surface area contributed by atoms with Gasteiger partial charge in [0.05, 0.1) is 0 Å². The number of carbonyl (C=O) groups excluding carboxylic acids is 1. The summed E-state index contributed by atoms with van der Waals surface area (Å²) in [4.78, 5) is 15.8. The van der Waals surface area contributed by atoms with Crippen LogP contribution >= 0.6 is 11.6 Å². The summed E-state index contributed by atoms with van der Waals surface area (Å²) in [5.74, 6) is -0.120. The highest BCUT2D eigenvalue weighted by Crippen LogP contribution is 2.18. The number of halogens is 1. The molecule has 2 rings (SSSR count). The Labute approximate surface area is 109 Å². The van der Waals surface area contributed by atoms with Crippen LogP contribution in [0.5, 0.6) is 5.75 Å². The Hall–Kier alpha value is -2.07. The number of pyridine rings is 1. The zero-order valence-corrected chi connectivity index (χ0v) is 10.4. The molecule has 0 aliphatic heterocycles. The number of rotatable bonds is 2. The maximum atomic E-state index is 12.0. The van der Waals surface area contributed by atoms with Crippen LogP contribution in [0.15, 0.2) is 36.5 Å². The normalized spacial score (nSPS) is 10.1. The summed E-state index contributed by atoms with van der Waals surface area (Å²) in [6.45, 7) is 1.76. The second-order valence-electron chi connectivity index (χ2n) is 3.82. The Balaban J connectivity index is 2.22. The lowest BCUT2D eigenvalue weighted by Gasteiger charge is -2.08. The molecule has 0 saturated heterocycles. The van der Waals surface area contributed by atoms with E-state index < -0.39 is 0 Å². The summed E-state index contributed by atoms with van der Waals surface area (Å²) in [6.07, 6.45) is 1.52. The Kier molecular flexibility index (Phi) is 3.48. The monoisotopic (exact) mass is 262 g/mol. The van der Waals surface area contributed by atoms with Crippen molar-refractivity contribution in [3.05, 3.63) is 52.8 Å². The highest BCUT2D eigenvalue weighted by atomic mass is 35.5. The van der Waals surface area contributed by atoms with Crippen LogP contribution in [0.2, 0.25) is 5.15 Å². The first-order valence-corrected chi connectivity index (χ1v) is 5.66. The van der Waals surface area contributed by atoms with Crippen molar-refractivity contribution in [2.75, 3.05) is 5.32 Å². The van der Waals surface area contributed by atoms with Gasteiger partial charge in [-0.1, -0.05) is 11.6 Å². The van der Waals surface area contributed by atoms with E-state index in [-0.39, 0.29) is 11.7 Å². The van der Waals surface area contributed by atoms with E-state index in [1.54, 1.807) is 25.1 Å². The predicted molar refractivity (Wildman–Crippen MR) is 70.0 cm³/mol. The fraction of sp³-hybridized carbons (Fsp3) is 0.0769. The van der Waals surface area contributed by atoms with Gasteiger partial charge < -0.3 is 10.4 Å². The van der Waals surface area contributed by atoms with Gasteiger partial charge in [-0.25, -0.2) is 4.98 Å². The molecule has 0 saturated carbocycles. The number of carbonyl (C=O) groups is 1. The largest absolute Gasteiger partial charge is 0.508 e. The Morgan fingerprint density at radius 2 is 2.11 bits per heavy atom. The third-order valence-electron chi connectivity index (χ3n) is 2.44. The van der Waals surface area contributed by atoms with Crippen molar-refractivity contribution in [1.82, 2.24) is 4.98 Å². The van der Waals surface area contributed by atoms with Crippen LogP contribution < -0.4 is 5.32 Å². The molecule has 5 heteroatoms. The van der Waals surface area contributed by atoms with Gasteiger partial charge in [0.1, 0.15) is 10.9 Å². The molecule has 92 valence electrons. The van der Waals surface area contributed by atoms with Crippen LogP contribution in [0.25, 0.3) is 0 Å². The molecule has 1 amide bonds. The molecule has 0 aliphatic rings. The number of aromatic hydroxyl groups is 1. The van der Waals surface area contributed by atoms with Gasteiger partial charge in [-0.2, -0.15) is 0 Å². The summed E-state index contributed by atoms with van der Waals surface area (Å²) < 4.78 is 0. The molecule has 0 spiro atoms. The number of aromatic nitrogens is 1. The van der Waals surface area contributed by atoms with E-state index in [4.69, 9.17) is 11.6 Å². The van der Waals surface area contributed by atoms with Crippen molar-refractivity contribution in [2.24, 2.45) is 0 Å². The van der Waals surface area contributed by atoms with Crippen LogP contribution in [0.3, 0.4) is 0 Å². The summed E-state index contributed by atoms with van der Waals surface area (Å²) in [5.41, 5.74) is 1.78. The van der Waals surface area contributed by atoms with Gasteiger partial charge in [-0.3, -0.25) is 4.79 Å². The number of phenolic OH excluding ortho intramolecular Hbond substituents is 1. The number of nitrogens with one attached hydrogen (secondary N) is 1. The summed E-state index contributed by atoms with van der Waals surface area (Å²) in [7, 11) is 0. The first-order chi connectivity index (χ1) is 8.56. The molecule has 1 aromatic heterocycles. The molecule has 0 unspecified atom stereocenters. The molecule has 1 aromatic carbocycles. The minimum Gasteiger partial charge on any atom is -0.508 e. The number of nitrogens with zero attached hydrogens (tertiary/aromatic N) is 1. The topological polar surface area (TPSA) is 62.2 Å². The molecule has 0 radical (unpaired) electrons. The van der Waals surface area contributed by atoms with Crippen molar-refractivity contribution in [3.8, 4) is 5.75 Å². The maximum Gasteiger partial charge on any atom is 0.255 e. The highest BCUT2D eigenvalue weighted by molar-refractivity contribution is 6.29. The summed E-state index contributed by atoms with van der Waals surface area (Å²) in [6, 6.07) is 7.80. The van der Waals surface area contributed by atoms with E-state index >= 15 is 0 Å². The van der Waals surface area contributed by atoms with Gasteiger partial charge in [-0.05, 0) is 42.8 Å². The molecular weight excluding hydrogens is 252 g/mol. The fourth-order valence-electron chi connectivity index (χ4n) is 1.58. The van der Waals surface area contributed by atoms with Crippen LogP contribution in [0.1, 0.15) is 15.9 Å². The summed E-state index contributed by atoms with van der Waals surface area (Å²) in [5, 5.41) is 12.3. The minimum absolute atomic E-state index is 0.135. The molecule has 1 heterocycles. The summed E-state index contributed by atoms with van der Waals surface area (Å²) >= 11 is 5.73. The van der Waals surface area contributed by atoms with Crippen LogP contribution in [0.4, 0.5) is 5.69 Å². The third-order valence-corrected chi connectivity index (χ3v) is 2.65. The molecule has 4 nitrogen and oxygen atoms in total. The molecule has 0 bridgehead atoms. The van der Waals surface area contributed by atoms with Gasteiger partial charge in [0.25, 0.3) is 5.91 Å². The molecule has 18 heavy (non-hydrogen) atoms. The smallest absolute Gasteiger partial charge is 0.255 e. The lowest BCUT2D eigenvalue weighted by atomic mass is 10.1. The zero-order chi connectivity index (χ0) is 13.1. The second-order valence-corrected chi connectivity index (χ2v) is 4.21. The van der Waals surface area contributed by atoms with E-state index in [2.05, 4.69) is 10.3 Å². The van der Waals surface area contributed by atoms with Crippen molar-refractivity contribution in [2.45, 2.75) is 6.92 Å². The molecule has 0 aliphatic carbocycles. The minimum atomic E-state index is -0.255. The Morgan fingerprint density at radius 1 is 1.33 bits per heavy atom. The molecule has 0 fully saturated rings. The lowest BCUT2D eigenvalue weighted by molar-refractivity contribution is 0.102. The average Bonchev–Trinajstić information content (AvgIpc) is 2.28. The number of benzene rings is 1. The predicted octanol–water partition coefficient (Wildman–Crippen LogP) is 3.00. The Bertz CT molecular complexity index is 599. The molecule has 2 aromatic rings. The van der Waals surface area contributed by atoms with Crippen LogP contribution in [-0.2, 0) is 0 Å². The van der Waals surface area contributed by atoms with Crippen LogP contribution in [-0.4, -0.2) is 16.0 Å². The van der Waals surface area contributed by atoms with Gasteiger partial charge in [0.15, 0.2) is 0 Å². The highest BCUT2D eigenvalue weighted by Gasteiger charge is 2.09. The number of anilines is 1. The molecule has 0 atom stereocenters. The third kappa shape index (κ3) is 2.78. The van der Waals surface area contributed by atoms with Crippen LogP contribution in [0, 0.1) is 6.92 Å². The number of aryl methyl sites for hydroxylation is 1. The molecular formula is C13H11ClN2O2. The quantitative estimate of drug-likeness (QED) is 0.818. The van der Waals surface area contributed by atoms with Gasteiger partial charge in [0, 0.05) is 17.4 Å². The average molecular weight is 263 g/mol. The Morgan fingerprint density at radius 3 is 2.78 bits per heavy atom. The van der Waals surface area contributed by atoms with E-state index in [0.29, 0.717) is 22.0 Å². The number of amides is 1. The van der Waals surface area contributed by atoms with Gasteiger partial charge in [0.2, 0.25) is 0 Å². The van der Waals surface area contributed by atoms with E-state index in [9.17, 15) is 9.90 Å². The van der Waals surface area contributed by atoms with Gasteiger partial charge in [-0.15, -0.1) is 0 Å². The first kappa shape index (κ1) is 12.4. The SMILES string of the molecule is Cc1cc(O)ccc1C(=O)Nc1ccnc(Cl)c1. The fourth-order valence-corrected chi connectivity index (χ4v) is 1.76. The van der Waals surface area contributed by atoms with Gasteiger partial charge >= 0.3 is 0 Å². The van der Waals surface area contributed by atoms with Crippen molar-refractivity contribution < 1.29 is 9.90 Å². The number of hydrogen-bond donors (Lipinski definition) is 2. The lowest BCUT2D eigenvalue weighted by Crippen LogP contribution is -2.13. The van der Waals surface area contributed by atoms with E-state index in [0.717, 1.165) is 0 Å². The maximum absolute atomic E-state index is 12.0. The zero-order valence-electron chi connectivity index (χ0n) is 9.64. The standard InChI is InChI=1S/C13H11ClN2O2/c1-8-6-10(17)2-3-11(8)13(18)16-9-4-5-15-12(14)7-9/h2-7,17H,1H3,(H,15,16,18). The van der Waals surface area contributed by atoms with Crippen molar-refractivity contribution >= 4 is 23.2 Å². The van der Waals surface area contributed by atoms with E-state index in [1.165, 1.54) is 18.3 Å². The van der Waals surface area contributed by atoms with Crippen molar-refractivity contribution in [3.63, 3.8) is 0 Å². The first-order valence-electron chi connectivity index (χ1n) is 5.29. The van der Waals surface area contributed by atoms with Crippen molar-refractivity contribution in [1.29, 1.82) is 0 Å². The van der Waals surface area contributed by atoms with E-state index in [1.807, 2.05) is 0 Å². The number of hydrogen-bond acceptors (Lipinski definition) is 3.